The average molecular weight is 244 g/mol. The summed E-state index contributed by atoms with van der Waals surface area (Å²) in [6, 6.07) is 2.72. The smallest absolute Gasteiger partial charge is 0.406 e. The molecule has 1 aromatic rings. The summed E-state index contributed by atoms with van der Waals surface area (Å²) in [5.41, 5.74) is -0.418. The summed E-state index contributed by atoms with van der Waals surface area (Å²) in [5, 5.41) is 16.7. The van der Waals surface area contributed by atoms with Crippen LogP contribution in [0.15, 0.2) is 18.2 Å². The van der Waals surface area contributed by atoms with Gasteiger partial charge in [0.25, 0.3) is 0 Å². The summed E-state index contributed by atoms with van der Waals surface area (Å²) < 4.78 is 38.9. The van der Waals surface area contributed by atoms with Gasteiger partial charge in [0.1, 0.15) is 11.4 Å². The van der Waals surface area contributed by atoms with E-state index in [1.54, 1.807) is 0 Å². The fraction of sp³-hybridized carbons (Fsp3) is 0.143. The Labute approximate surface area is 87.0 Å². The average Bonchev–Trinajstić information content (AvgIpc) is 2.05. The highest BCUT2D eigenvalue weighted by molar-refractivity contribution is 6.33. The number of anilines is 1. The molecular formula is C7H5ClF3NO3. The molecule has 0 unspecified atom stereocenters. The highest BCUT2D eigenvalue weighted by Crippen LogP contribution is 2.31. The molecule has 0 aliphatic carbocycles. The molecule has 0 saturated carbocycles. The molecule has 0 aliphatic rings. The van der Waals surface area contributed by atoms with Gasteiger partial charge in [0.2, 0.25) is 0 Å². The lowest BCUT2D eigenvalue weighted by atomic mass is 10.3. The van der Waals surface area contributed by atoms with E-state index in [1.807, 2.05) is 0 Å². The normalized spacial score (nSPS) is 11.3. The summed E-state index contributed by atoms with van der Waals surface area (Å²) in [7, 11) is 0. The van der Waals surface area contributed by atoms with Crippen LogP contribution in [0.5, 0.6) is 5.75 Å². The minimum absolute atomic E-state index is 0.130. The van der Waals surface area contributed by atoms with Crippen molar-refractivity contribution in [2.45, 2.75) is 6.36 Å². The molecule has 0 heterocycles. The topological polar surface area (TPSA) is 52.9 Å². The van der Waals surface area contributed by atoms with Gasteiger partial charge in [-0.2, -0.15) is 0 Å². The lowest BCUT2D eigenvalue weighted by Gasteiger charge is -2.13. The number of hydrogen-bond donors (Lipinski definition) is 2. The van der Waals surface area contributed by atoms with Gasteiger partial charge in [-0.15, -0.1) is 18.4 Å². The van der Waals surface area contributed by atoms with Gasteiger partial charge in [-0.05, 0) is 12.1 Å². The molecule has 1 rings (SSSR count). The van der Waals surface area contributed by atoms with Crippen molar-refractivity contribution in [1.82, 2.24) is 0 Å². The second kappa shape index (κ2) is 4.13. The van der Waals surface area contributed by atoms with Gasteiger partial charge in [0.05, 0.1) is 5.02 Å². The maximum atomic E-state index is 11.8. The standard InChI is InChI=1S/C7H5ClF3NO3/c8-5-2-1-4(15-7(9,10)11)3-6(5)12(13)14/h1-3,13-14H. The van der Waals surface area contributed by atoms with Crippen molar-refractivity contribution in [3.05, 3.63) is 23.2 Å². The Balaban J connectivity index is 2.98. The highest BCUT2D eigenvalue weighted by Gasteiger charge is 2.31. The van der Waals surface area contributed by atoms with Crippen LogP contribution in [-0.2, 0) is 0 Å². The first-order valence-electron chi connectivity index (χ1n) is 3.53. The monoisotopic (exact) mass is 243 g/mol. The molecule has 4 nitrogen and oxygen atoms in total. The highest BCUT2D eigenvalue weighted by atomic mass is 35.5. The van der Waals surface area contributed by atoms with E-state index in [0.29, 0.717) is 0 Å². The van der Waals surface area contributed by atoms with Crippen molar-refractivity contribution in [2.24, 2.45) is 0 Å². The number of benzene rings is 1. The quantitative estimate of drug-likeness (QED) is 0.785. The van der Waals surface area contributed by atoms with Gasteiger partial charge in [0, 0.05) is 6.07 Å². The Hall–Kier alpha value is -1.18. The number of hydrogen-bond acceptors (Lipinski definition) is 4. The van der Waals surface area contributed by atoms with Crippen LogP contribution in [0.4, 0.5) is 18.9 Å². The summed E-state index contributed by atoms with van der Waals surface area (Å²) in [5.74, 6) is -0.602. The zero-order valence-electron chi connectivity index (χ0n) is 6.99. The van der Waals surface area contributed by atoms with Gasteiger partial charge < -0.3 is 4.74 Å². The van der Waals surface area contributed by atoms with Crippen LogP contribution >= 0.6 is 11.6 Å². The lowest BCUT2D eigenvalue weighted by Crippen LogP contribution is -2.18. The second-order valence-corrected chi connectivity index (χ2v) is 2.86. The van der Waals surface area contributed by atoms with Crippen LogP contribution in [0, 0.1) is 0 Å². The molecule has 84 valence electrons. The molecule has 0 aliphatic heterocycles. The zero-order chi connectivity index (χ0) is 11.6. The molecule has 0 amide bonds. The molecule has 0 spiro atoms. The molecule has 2 N–H and O–H groups in total. The summed E-state index contributed by atoms with van der Waals surface area (Å²) in [6.45, 7) is 0. The first kappa shape index (κ1) is 11.9. The third-order valence-corrected chi connectivity index (χ3v) is 1.69. The Morgan fingerprint density at radius 3 is 2.33 bits per heavy atom. The predicted octanol–water partition coefficient (Wildman–Crippen LogP) is 2.82. The minimum Gasteiger partial charge on any atom is -0.406 e. The molecular weight excluding hydrogens is 239 g/mol. The number of nitrogens with zero attached hydrogens (tertiary/aromatic N) is 1. The van der Waals surface area contributed by atoms with Crippen LogP contribution in [-0.4, -0.2) is 16.8 Å². The van der Waals surface area contributed by atoms with E-state index in [1.165, 1.54) is 0 Å². The van der Waals surface area contributed by atoms with Gasteiger partial charge in [-0.1, -0.05) is 11.6 Å². The van der Waals surface area contributed by atoms with Crippen molar-refractivity contribution in [1.29, 1.82) is 0 Å². The van der Waals surface area contributed by atoms with E-state index >= 15 is 0 Å². The molecule has 0 aromatic heterocycles. The van der Waals surface area contributed by atoms with E-state index in [2.05, 4.69) is 4.74 Å². The number of halogens is 4. The fourth-order valence-electron chi connectivity index (χ4n) is 0.843. The van der Waals surface area contributed by atoms with E-state index < -0.39 is 23.0 Å². The first-order chi connectivity index (χ1) is 6.79. The summed E-state index contributed by atoms with van der Waals surface area (Å²) >= 11 is 5.46. The maximum Gasteiger partial charge on any atom is 0.573 e. The molecule has 0 atom stereocenters. The van der Waals surface area contributed by atoms with E-state index in [0.717, 1.165) is 18.2 Å². The third kappa shape index (κ3) is 3.46. The van der Waals surface area contributed by atoms with E-state index in [-0.39, 0.29) is 5.02 Å². The van der Waals surface area contributed by atoms with E-state index in [4.69, 9.17) is 22.0 Å². The predicted molar refractivity (Wildman–Crippen MR) is 44.2 cm³/mol. The van der Waals surface area contributed by atoms with Crippen LogP contribution in [0.2, 0.25) is 5.02 Å². The summed E-state index contributed by atoms with van der Waals surface area (Å²) in [6.07, 6.45) is -4.85. The van der Waals surface area contributed by atoms with Gasteiger partial charge in [-0.3, -0.25) is 10.4 Å². The van der Waals surface area contributed by atoms with Crippen molar-refractivity contribution in [3.63, 3.8) is 0 Å². The molecule has 0 radical (unpaired) electrons. The Bertz CT molecular complexity index is 356. The maximum absolute atomic E-state index is 11.8. The molecule has 0 fully saturated rings. The van der Waals surface area contributed by atoms with Crippen LogP contribution in [0.25, 0.3) is 0 Å². The largest absolute Gasteiger partial charge is 0.573 e. The van der Waals surface area contributed by atoms with Crippen LogP contribution in [0.1, 0.15) is 0 Å². The minimum atomic E-state index is -4.85. The van der Waals surface area contributed by atoms with Crippen LogP contribution < -0.4 is 9.96 Å². The number of ether oxygens (including phenoxy) is 1. The van der Waals surface area contributed by atoms with Crippen molar-refractivity contribution in [2.75, 3.05) is 5.23 Å². The fourth-order valence-corrected chi connectivity index (χ4v) is 1.04. The zero-order valence-corrected chi connectivity index (χ0v) is 7.75. The molecule has 1 aromatic carbocycles. The van der Waals surface area contributed by atoms with Gasteiger partial charge >= 0.3 is 6.36 Å². The molecule has 0 saturated heterocycles. The van der Waals surface area contributed by atoms with Crippen molar-refractivity contribution in [3.8, 4) is 5.75 Å². The van der Waals surface area contributed by atoms with E-state index in [9.17, 15) is 13.2 Å². The molecule has 15 heavy (non-hydrogen) atoms. The Kier molecular flexibility index (Phi) is 3.28. The SMILES string of the molecule is ON(O)c1cc(OC(F)(F)F)ccc1Cl. The second-order valence-electron chi connectivity index (χ2n) is 2.45. The van der Waals surface area contributed by atoms with Crippen LogP contribution in [0.3, 0.4) is 0 Å². The number of alkyl halides is 3. The van der Waals surface area contributed by atoms with Gasteiger partial charge in [0.15, 0.2) is 0 Å². The summed E-state index contributed by atoms with van der Waals surface area (Å²) in [4.78, 5) is 0. The lowest BCUT2D eigenvalue weighted by molar-refractivity contribution is -0.274. The Morgan fingerprint density at radius 2 is 1.87 bits per heavy atom. The number of rotatable bonds is 2. The molecule has 0 bridgehead atoms. The van der Waals surface area contributed by atoms with Crippen molar-refractivity contribution >= 4 is 17.3 Å². The van der Waals surface area contributed by atoms with Gasteiger partial charge in [-0.25, -0.2) is 0 Å². The Morgan fingerprint density at radius 1 is 1.27 bits per heavy atom. The first-order valence-corrected chi connectivity index (χ1v) is 3.90. The molecule has 8 heteroatoms. The van der Waals surface area contributed by atoms with Crippen molar-refractivity contribution < 1.29 is 28.3 Å². The third-order valence-electron chi connectivity index (χ3n) is 1.37.